The average molecular weight is 289 g/mol. The van der Waals surface area contributed by atoms with Gasteiger partial charge in [0.2, 0.25) is 0 Å². The van der Waals surface area contributed by atoms with E-state index in [4.69, 9.17) is 9.47 Å². The fourth-order valence-corrected chi connectivity index (χ4v) is 3.50. The fourth-order valence-electron chi connectivity index (χ4n) is 2.10. The number of para-hydroxylation sites is 2. The zero-order chi connectivity index (χ0) is 14.4. The molecule has 104 valence electrons. The minimum atomic E-state index is -1.39. The minimum Gasteiger partial charge on any atom is -0.496 e. The second kappa shape index (κ2) is 7.06. The third-order valence-corrected chi connectivity index (χ3v) is 4.47. The van der Waals surface area contributed by atoms with Crippen molar-refractivity contribution in [2.24, 2.45) is 0 Å². The molecule has 0 radical (unpaired) electrons. The maximum atomic E-state index is 12.4. The molecule has 0 aliphatic carbocycles. The summed E-state index contributed by atoms with van der Waals surface area (Å²) < 4.78 is 22.9. The van der Waals surface area contributed by atoms with Crippen LogP contribution in [0.15, 0.2) is 48.5 Å². The molecule has 4 heteroatoms. The molecule has 20 heavy (non-hydrogen) atoms. The van der Waals surface area contributed by atoms with Gasteiger partial charge in [0.05, 0.1) is 14.2 Å². The van der Waals surface area contributed by atoms with E-state index in [9.17, 15) is 4.57 Å². The molecule has 3 nitrogen and oxygen atoms in total. The summed E-state index contributed by atoms with van der Waals surface area (Å²) in [4.78, 5) is 0. The molecule has 0 amide bonds. The average Bonchev–Trinajstić information content (AvgIpc) is 2.48. The maximum absolute atomic E-state index is 12.4. The van der Waals surface area contributed by atoms with Crippen LogP contribution in [0.3, 0.4) is 0 Å². The molecule has 0 aliphatic rings. The molecule has 0 spiro atoms. The van der Waals surface area contributed by atoms with Gasteiger partial charge in [-0.15, -0.1) is 0 Å². The van der Waals surface area contributed by atoms with Gasteiger partial charge in [-0.1, -0.05) is 41.0 Å². The number of rotatable bonds is 6. The van der Waals surface area contributed by atoms with Gasteiger partial charge in [0.25, 0.3) is 0 Å². The molecule has 0 heterocycles. The Hall–Kier alpha value is -1.86. The van der Waals surface area contributed by atoms with E-state index in [0.29, 0.717) is 12.3 Å². The summed E-state index contributed by atoms with van der Waals surface area (Å²) in [6.07, 6.45) is 1.02. The second-order valence-corrected chi connectivity index (χ2v) is 6.02. The summed E-state index contributed by atoms with van der Waals surface area (Å²) >= 11 is 0. The van der Waals surface area contributed by atoms with Gasteiger partial charge in [-0.2, -0.15) is 0 Å². The highest BCUT2D eigenvalue weighted by molar-refractivity contribution is 7.42. The van der Waals surface area contributed by atoms with E-state index in [1.165, 1.54) is 0 Å². The normalized spacial score (nSPS) is 10.1. The van der Waals surface area contributed by atoms with E-state index in [-0.39, 0.29) is 0 Å². The summed E-state index contributed by atoms with van der Waals surface area (Å²) in [6.45, 7) is 0. The summed E-state index contributed by atoms with van der Waals surface area (Å²) in [5, 5.41) is 0. The Labute approximate surface area is 120 Å². The van der Waals surface area contributed by atoms with Gasteiger partial charge < -0.3 is 9.47 Å². The molecule has 0 aromatic heterocycles. The van der Waals surface area contributed by atoms with Gasteiger partial charge in [-0.05, 0) is 12.1 Å². The van der Waals surface area contributed by atoms with Crippen LogP contribution in [-0.4, -0.2) is 14.2 Å². The van der Waals surface area contributed by atoms with Crippen molar-refractivity contribution in [2.75, 3.05) is 14.2 Å². The molecular formula is C16H18O3P+. The third kappa shape index (κ3) is 3.58. The highest BCUT2D eigenvalue weighted by atomic mass is 31.1. The van der Waals surface area contributed by atoms with Crippen molar-refractivity contribution in [2.45, 2.75) is 12.3 Å². The molecule has 0 bridgehead atoms. The molecule has 0 atom stereocenters. The van der Waals surface area contributed by atoms with E-state index < -0.39 is 7.80 Å². The van der Waals surface area contributed by atoms with Crippen LogP contribution >= 0.6 is 7.80 Å². The van der Waals surface area contributed by atoms with Crippen molar-refractivity contribution >= 4 is 7.80 Å². The smallest absolute Gasteiger partial charge is 0.348 e. The van der Waals surface area contributed by atoms with Gasteiger partial charge in [-0.25, -0.2) is 0 Å². The molecule has 0 N–H and O–H groups in total. The van der Waals surface area contributed by atoms with Crippen molar-refractivity contribution in [1.29, 1.82) is 0 Å². The first-order chi connectivity index (χ1) is 9.74. The van der Waals surface area contributed by atoms with Crippen LogP contribution in [0.25, 0.3) is 0 Å². The Bertz CT molecular complexity index is 544. The number of hydrogen-bond donors (Lipinski definition) is 0. The standard InChI is InChI=1S/C16H18O3P/c1-18-15-9-5-3-7-13(15)11-20(17)12-14-8-4-6-10-16(14)19-2/h3-10H,11-12H2,1-2H3/q+1. The van der Waals surface area contributed by atoms with Crippen LogP contribution in [-0.2, 0) is 16.9 Å². The first-order valence-electron chi connectivity index (χ1n) is 6.40. The Morgan fingerprint density at radius 1 is 0.800 bits per heavy atom. The molecule has 2 aromatic carbocycles. The summed E-state index contributed by atoms with van der Waals surface area (Å²) in [6, 6.07) is 15.4. The zero-order valence-electron chi connectivity index (χ0n) is 11.7. The monoisotopic (exact) mass is 289 g/mol. The third-order valence-electron chi connectivity index (χ3n) is 3.08. The van der Waals surface area contributed by atoms with Gasteiger partial charge in [0.15, 0.2) is 12.3 Å². The van der Waals surface area contributed by atoms with Crippen LogP contribution in [0.2, 0.25) is 0 Å². The van der Waals surface area contributed by atoms with Crippen LogP contribution in [0, 0.1) is 0 Å². The van der Waals surface area contributed by atoms with Crippen molar-refractivity contribution in [3.8, 4) is 11.5 Å². The minimum absolute atomic E-state index is 0.511. The molecule has 0 aliphatic heterocycles. The molecule has 0 saturated heterocycles. The SMILES string of the molecule is COc1ccccc1C[P+](=O)Cc1ccccc1OC. The van der Waals surface area contributed by atoms with E-state index in [1.54, 1.807) is 14.2 Å². The highest BCUT2D eigenvalue weighted by Crippen LogP contribution is 2.37. The van der Waals surface area contributed by atoms with E-state index in [1.807, 2.05) is 48.5 Å². The van der Waals surface area contributed by atoms with Crippen molar-refractivity contribution in [3.05, 3.63) is 59.7 Å². The fraction of sp³-hybridized carbons (Fsp3) is 0.250. The topological polar surface area (TPSA) is 35.5 Å². The second-order valence-electron chi connectivity index (χ2n) is 4.42. The lowest BCUT2D eigenvalue weighted by atomic mass is 10.2. The number of benzene rings is 2. The van der Waals surface area contributed by atoms with Crippen molar-refractivity contribution in [3.63, 3.8) is 0 Å². The lowest BCUT2D eigenvalue weighted by Crippen LogP contribution is -1.92. The molecule has 2 aromatic rings. The van der Waals surface area contributed by atoms with Gasteiger partial charge >= 0.3 is 7.80 Å². The van der Waals surface area contributed by atoms with Crippen LogP contribution < -0.4 is 9.47 Å². The molecular weight excluding hydrogens is 271 g/mol. The van der Waals surface area contributed by atoms with Crippen LogP contribution in [0.5, 0.6) is 11.5 Å². The van der Waals surface area contributed by atoms with Gasteiger partial charge in [-0.3, -0.25) is 0 Å². The summed E-state index contributed by atoms with van der Waals surface area (Å²) in [5.41, 5.74) is 1.96. The number of methoxy groups -OCH3 is 2. The summed E-state index contributed by atoms with van der Waals surface area (Å²) in [7, 11) is 1.88. The Balaban J connectivity index is 2.09. The largest absolute Gasteiger partial charge is 0.496 e. The highest BCUT2D eigenvalue weighted by Gasteiger charge is 2.21. The maximum Gasteiger partial charge on any atom is 0.348 e. The Morgan fingerprint density at radius 3 is 1.60 bits per heavy atom. The quantitative estimate of drug-likeness (QED) is 0.746. The Kier molecular flexibility index (Phi) is 5.14. The Morgan fingerprint density at radius 2 is 1.20 bits per heavy atom. The lowest BCUT2D eigenvalue weighted by Gasteiger charge is -2.05. The van der Waals surface area contributed by atoms with Gasteiger partial charge in [0.1, 0.15) is 11.5 Å². The lowest BCUT2D eigenvalue weighted by molar-refractivity contribution is 0.410. The molecule has 0 fully saturated rings. The zero-order valence-corrected chi connectivity index (χ0v) is 12.6. The van der Waals surface area contributed by atoms with Crippen LogP contribution in [0.4, 0.5) is 0 Å². The first-order valence-corrected chi connectivity index (χ1v) is 8.03. The predicted molar refractivity (Wildman–Crippen MR) is 81.0 cm³/mol. The van der Waals surface area contributed by atoms with Crippen molar-refractivity contribution in [1.82, 2.24) is 0 Å². The van der Waals surface area contributed by atoms with Crippen LogP contribution in [0.1, 0.15) is 11.1 Å². The first kappa shape index (κ1) is 14.5. The van der Waals surface area contributed by atoms with Gasteiger partial charge in [0, 0.05) is 11.1 Å². The van der Waals surface area contributed by atoms with E-state index in [2.05, 4.69) is 0 Å². The van der Waals surface area contributed by atoms with E-state index in [0.717, 1.165) is 22.6 Å². The number of ether oxygens (including phenoxy) is 2. The molecule has 2 rings (SSSR count). The number of hydrogen-bond acceptors (Lipinski definition) is 3. The summed E-state index contributed by atoms with van der Waals surface area (Å²) in [5.74, 6) is 1.58. The molecule has 0 unspecified atom stereocenters. The van der Waals surface area contributed by atoms with Crippen molar-refractivity contribution < 1.29 is 14.0 Å². The van der Waals surface area contributed by atoms with E-state index >= 15 is 0 Å². The molecule has 0 saturated carbocycles. The predicted octanol–water partition coefficient (Wildman–Crippen LogP) is 4.23.